The molecule has 0 radical (unpaired) electrons. The van der Waals surface area contributed by atoms with Gasteiger partial charge in [0.15, 0.2) is 5.78 Å². The van der Waals surface area contributed by atoms with E-state index in [1.807, 2.05) is 6.92 Å². The number of carbonyl (C=O) groups is 1. The highest BCUT2D eigenvalue weighted by atomic mass is 19.1. The Labute approximate surface area is 98.9 Å². The molecule has 0 aliphatic heterocycles. The summed E-state index contributed by atoms with van der Waals surface area (Å²) in [5.74, 6) is -0.615. The molecule has 0 aliphatic carbocycles. The van der Waals surface area contributed by atoms with Crippen molar-refractivity contribution in [3.8, 4) is 0 Å². The fraction of sp³-hybridized carbons (Fsp3) is 0.0714. The second-order valence-electron chi connectivity index (χ2n) is 3.91. The first-order chi connectivity index (χ1) is 8.08. The van der Waals surface area contributed by atoms with Gasteiger partial charge < -0.3 is 5.73 Å². The van der Waals surface area contributed by atoms with Crippen molar-refractivity contribution in [2.45, 2.75) is 6.92 Å². The van der Waals surface area contributed by atoms with Gasteiger partial charge in [0.1, 0.15) is 5.82 Å². The van der Waals surface area contributed by atoms with Gasteiger partial charge in [0, 0.05) is 16.8 Å². The summed E-state index contributed by atoms with van der Waals surface area (Å²) in [6.45, 7) is 1.83. The number of hydrogen-bond donors (Lipinski definition) is 1. The minimum absolute atomic E-state index is 0.201. The first-order valence-electron chi connectivity index (χ1n) is 5.24. The zero-order chi connectivity index (χ0) is 12.4. The number of hydrogen-bond acceptors (Lipinski definition) is 2. The van der Waals surface area contributed by atoms with Crippen LogP contribution in [-0.2, 0) is 0 Å². The van der Waals surface area contributed by atoms with Crippen LogP contribution in [0.15, 0.2) is 42.5 Å². The lowest BCUT2D eigenvalue weighted by molar-refractivity contribution is 0.103. The fourth-order valence-corrected chi connectivity index (χ4v) is 1.61. The molecule has 2 aromatic rings. The average Bonchev–Trinajstić information content (AvgIpc) is 2.32. The van der Waals surface area contributed by atoms with Crippen LogP contribution in [0.25, 0.3) is 0 Å². The molecule has 0 amide bonds. The Balaban J connectivity index is 2.40. The first-order valence-corrected chi connectivity index (χ1v) is 5.24. The van der Waals surface area contributed by atoms with E-state index in [0.29, 0.717) is 16.8 Å². The second-order valence-corrected chi connectivity index (χ2v) is 3.91. The molecule has 0 atom stereocenters. The Kier molecular flexibility index (Phi) is 2.91. The van der Waals surface area contributed by atoms with Crippen molar-refractivity contribution in [3.63, 3.8) is 0 Å². The van der Waals surface area contributed by atoms with Gasteiger partial charge in [0.25, 0.3) is 0 Å². The summed E-state index contributed by atoms with van der Waals surface area (Å²) < 4.78 is 13.0. The van der Waals surface area contributed by atoms with Gasteiger partial charge in [-0.1, -0.05) is 12.1 Å². The largest absolute Gasteiger partial charge is 0.399 e. The number of ketones is 1. The standard InChI is InChI=1S/C14H12FNO/c1-9-7-11(5-6-13(9)16)14(17)10-3-2-4-12(15)8-10/h2-8H,16H2,1H3. The molecule has 17 heavy (non-hydrogen) atoms. The number of nitrogen functional groups attached to an aromatic ring is 1. The topological polar surface area (TPSA) is 43.1 Å². The maximum absolute atomic E-state index is 13.0. The highest BCUT2D eigenvalue weighted by Crippen LogP contribution is 2.16. The molecule has 2 rings (SSSR count). The zero-order valence-corrected chi connectivity index (χ0v) is 9.41. The zero-order valence-electron chi connectivity index (χ0n) is 9.41. The molecule has 86 valence electrons. The van der Waals surface area contributed by atoms with Crippen LogP contribution in [-0.4, -0.2) is 5.78 Å². The Bertz CT molecular complexity index is 578. The van der Waals surface area contributed by atoms with Crippen molar-refractivity contribution in [1.82, 2.24) is 0 Å². The van der Waals surface area contributed by atoms with Crippen molar-refractivity contribution in [2.24, 2.45) is 0 Å². The molecule has 0 aliphatic rings. The van der Waals surface area contributed by atoms with Gasteiger partial charge in [-0.25, -0.2) is 4.39 Å². The third kappa shape index (κ3) is 2.33. The van der Waals surface area contributed by atoms with Gasteiger partial charge in [-0.3, -0.25) is 4.79 Å². The van der Waals surface area contributed by atoms with Crippen LogP contribution in [0.4, 0.5) is 10.1 Å². The lowest BCUT2D eigenvalue weighted by Gasteiger charge is -2.04. The van der Waals surface area contributed by atoms with Gasteiger partial charge in [-0.05, 0) is 42.8 Å². The average molecular weight is 229 g/mol. The normalized spacial score (nSPS) is 10.2. The molecule has 2 nitrogen and oxygen atoms in total. The van der Waals surface area contributed by atoms with Gasteiger partial charge >= 0.3 is 0 Å². The van der Waals surface area contributed by atoms with Gasteiger partial charge in [0.05, 0.1) is 0 Å². The maximum atomic E-state index is 13.0. The fourth-order valence-electron chi connectivity index (χ4n) is 1.61. The number of carbonyl (C=O) groups excluding carboxylic acids is 1. The number of rotatable bonds is 2. The molecule has 0 bridgehead atoms. The molecule has 0 saturated heterocycles. The third-order valence-corrected chi connectivity index (χ3v) is 2.62. The van der Waals surface area contributed by atoms with Crippen LogP contribution in [0.3, 0.4) is 0 Å². The van der Waals surface area contributed by atoms with Gasteiger partial charge in [-0.2, -0.15) is 0 Å². The molecule has 0 unspecified atom stereocenters. The highest BCUT2D eigenvalue weighted by Gasteiger charge is 2.10. The van der Waals surface area contributed by atoms with Crippen molar-refractivity contribution >= 4 is 11.5 Å². The number of nitrogens with two attached hydrogens (primary N) is 1. The lowest BCUT2D eigenvalue weighted by Crippen LogP contribution is -2.03. The van der Waals surface area contributed by atoms with E-state index >= 15 is 0 Å². The predicted molar refractivity (Wildman–Crippen MR) is 65.4 cm³/mol. The summed E-state index contributed by atoms with van der Waals surface area (Å²) in [5, 5.41) is 0. The Morgan fingerprint density at radius 2 is 1.82 bits per heavy atom. The minimum atomic E-state index is -0.414. The van der Waals surface area contributed by atoms with Crippen LogP contribution >= 0.6 is 0 Å². The smallest absolute Gasteiger partial charge is 0.193 e. The molecule has 2 N–H and O–H groups in total. The van der Waals surface area contributed by atoms with Gasteiger partial charge in [0.2, 0.25) is 0 Å². The molecule has 0 aromatic heterocycles. The quantitative estimate of drug-likeness (QED) is 0.635. The Hall–Kier alpha value is -2.16. The summed E-state index contributed by atoms with van der Waals surface area (Å²) in [6.07, 6.45) is 0. The van der Waals surface area contributed by atoms with Crippen LogP contribution in [0.2, 0.25) is 0 Å². The molecule has 0 saturated carbocycles. The summed E-state index contributed by atoms with van der Waals surface area (Å²) in [7, 11) is 0. The van der Waals surface area contributed by atoms with E-state index in [9.17, 15) is 9.18 Å². The SMILES string of the molecule is Cc1cc(C(=O)c2cccc(F)c2)ccc1N. The molecular formula is C14H12FNO. The molecule has 0 heterocycles. The monoisotopic (exact) mass is 229 g/mol. The highest BCUT2D eigenvalue weighted by molar-refractivity contribution is 6.09. The van der Waals surface area contributed by atoms with E-state index in [1.54, 1.807) is 24.3 Å². The first kappa shape index (κ1) is 11.3. The Morgan fingerprint density at radius 3 is 2.47 bits per heavy atom. The number of anilines is 1. The van der Waals surface area contributed by atoms with Crippen molar-refractivity contribution in [2.75, 3.05) is 5.73 Å². The van der Waals surface area contributed by atoms with Crippen molar-refractivity contribution < 1.29 is 9.18 Å². The maximum Gasteiger partial charge on any atom is 0.193 e. The molecule has 3 heteroatoms. The second kappa shape index (κ2) is 4.37. The number of halogens is 1. The van der Waals surface area contributed by atoms with Crippen LogP contribution in [0.5, 0.6) is 0 Å². The minimum Gasteiger partial charge on any atom is -0.399 e. The van der Waals surface area contributed by atoms with E-state index in [-0.39, 0.29) is 5.78 Å². The third-order valence-electron chi connectivity index (χ3n) is 2.62. The van der Waals surface area contributed by atoms with E-state index in [1.165, 1.54) is 18.2 Å². The molecule has 0 fully saturated rings. The van der Waals surface area contributed by atoms with Crippen molar-refractivity contribution in [1.29, 1.82) is 0 Å². The van der Waals surface area contributed by atoms with Crippen LogP contribution < -0.4 is 5.73 Å². The van der Waals surface area contributed by atoms with E-state index < -0.39 is 5.82 Å². The number of aryl methyl sites for hydroxylation is 1. The molecular weight excluding hydrogens is 217 g/mol. The number of benzene rings is 2. The summed E-state index contributed by atoms with van der Waals surface area (Å²) in [6, 6.07) is 10.7. The van der Waals surface area contributed by atoms with Crippen LogP contribution in [0.1, 0.15) is 21.5 Å². The van der Waals surface area contributed by atoms with E-state index in [2.05, 4.69) is 0 Å². The summed E-state index contributed by atoms with van der Waals surface area (Å²) in [4.78, 5) is 12.1. The summed E-state index contributed by atoms with van der Waals surface area (Å²) in [5.41, 5.74) is 8.02. The Morgan fingerprint density at radius 1 is 1.12 bits per heavy atom. The van der Waals surface area contributed by atoms with E-state index in [4.69, 9.17) is 5.73 Å². The predicted octanol–water partition coefficient (Wildman–Crippen LogP) is 2.95. The van der Waals surface area contributed by atoms with Crippen LogP contribution in [0, 0.1) is 12.7 Å². The van der Waals surface area contributed by atoms with E-state index in [0.717, 1.165) is 5.56 Å². The van der Waals surface area contributed by atoms with Crippen molar-refractivity contribution in [3.05, 3.63) is 65.0 Å². The van der Waals surface area contributed by atoms with Gasteiger partial charge in [-0.15, -0.1) is 0 Å². The molecule has 0 spiro atoms. The lowest BCUT2D eigenvalue weighted by atomic mass is 10.0. The summed E-state index contributed by atoms with van der Waals surface area (Å²) >= 11 is 0. The molecule has 2 aromatic carbocycles.